The van der Waals surface area contributed by atoms with Crippen LogP contribution in [0.1, 0.15) is 15.9 Å². The summed E-state index contributed by atoms with van der Waals surface area (Å²) in [5.74, 6) is 0. The Bertz CT molecular complexity index is 250. The van der Waals surface area contributed by atoms with Gasteiger partial charge in [0.2, 0.25) is 0 Å². The molecule has 0 radical (unpaired) electrons. The van der Waals surface area contributed by atoms with Gasteiger partial charge in [-0.15, -0.1) is 0 Å². The molecule has 0 spiro atoms. The highest BCUT2D eigenvalue weighted by molar-refractivity contribution is 14.1. The second kappa shape index (κ2) is 4.35. The van der Waals surface area contributed by atoms with E-state index in [0.29, 0.717) is 10.3 Å². The molecule has 0 bridgehead atoms. The number of benzene rings is 1. The molecule has 1 atom stereocenters. The molecule has 0 saturated carbocycles. The van der Waals surface area contributed by atoms with Crippen LogP contribution in [0.5, 0.6) is 0 Å². The molecule has 2 heteroatoms. The summed E-state index contributed by atoms with van der Waals surface area (Å²) in [7, 11) is 0. The summed E-state index contributed by atoms with van der Waals surface area (Å²) in [6, 6.07) is 12.2. The molecule has 0 amide bonds. The maximum Gasteiger partial charge on any atom is 0.0636 e. The van der Waals surface area contributed by atoms with Crippen molar-refractivity contribution in [2.24, 2.45) is 0 Å². The molecule has 1 rings (SSSR count). The first-order valence-corrected chi connectivity index (χ1v) is 4.65. The molecule has 0 aromatic heterocycles. The van der Waals surface area contributed by atoms with Gasteiger partial charge in [0, 0.05) is 3.92 Å². The third kappa shape index (κ3) is 2.51. The van der Waals surface area contributed by atoms with Crippen molar-refractivity contribution >= 4 is 22.6 Å². The number of hydrogen-bond donors (Lipinski definition) is 0. The van der Waals surface area contributed by atoms with E-state index in [9.17, 15) is 0 Å². The summed E-state index contributed by atoms with van der Waals surface area (Å²) >= 11 is 2.28. The minimum Gasteiger partial charge on any atom is -0.198 e. The van der Waals surface area contributed by atoms with Crippen LogP contribution >= 0.6 is 22.6 Å². The predicted molar refractivity (Wildman–Crippen MR) is 53.4 cm³/mol. The van der Waals surface area contributed by atoms with Gasteiger partial charge in [-0.3, -0.25) is 0 Å². The summed E-state index contributed by atoms with van der Waals surface area (Å²) in [4.78, 5) is 0. The van der Waals surface area contributed by atoms with E-state index in [-0.39, 0.29) is 0 Å². The lowest BCUT2D eigenvalue weighted by molar-refractivity contribution is 1.02. The number of rotatable bonds is 2. The lowest BCUT2D eigenvalue weighted by Gasteiger charge is -2.03. The Morgan fingerprint density at radius 1 is 1.36 bits per heavy atom. The van der Waals surface area contributed by atoms with Crippen molar-refractivity contribution in [1.82, 2.24) is 0 Å². The molecular weight excluding hydrogens is 249 g/mol. The fraction of sp³-hybridized carbons (Fsp3) is 0.222. The zero-order valence-electron chi connectivity index (χ0n) is 6.00. The van der Waals surface area contributed by atoms with Crippen LogP contribution in [0.2, 0.25) is 0 Å². The SMILES string of the molecule is N#CCC(I)c1ccccc1. The summed E-state index contributed by atoms with van der Waals surface area (Å²) in [5.41, 5.74) is 1.23. The Labute approximate surface area is 80.2 Å². The van der Waals surface area contributed by atoms with Crippen LogP contribution in [0.3, 0.4) is 0 Å². The molecule has 0 aliphatic carbocycles. The Hall–Kier alpha value is -0.560. The smallest absolute Gasteiger partial charge is 0.0636 e. The van der Waals surface area contributed by atoms with Crippen molar-refractivity contribution in [1.29, 1.82) is 5.26 Å². The molecule has 56 valence electrons. The van der Waals surface area contributed by atoms with E-state index in [4.69, 9.17) is 5.26 Å². The second-order valence-corrected chi connectivity index (χ2v) is 3.74. The molecule has 1 unspecified atom stereocenters. The molecule has 0 saturated heterocycles. The van der Waals surface area contributed by atoms with Gasteiger partial charge in [0.15, 0.2) is 0 Å². The van der Waals surface area contributed by atoms with Crippen molar-refractivity contribution in [2.45, 2.75) is 10.3 Å². The highest BCUT2D eigenvalue weighted by Gasteiger charge is 2.03. The van der Waals surface area contributed by atoms with E-state index in [1.165, 1.54) is 5.56 Å². The molecule has 1 aromatic carbocycles. The zero-order chi connectivity index (χ0) is 8.10. The van der Waals surface area contributed by atoms with Gasteiger partial charge < -0.3 is 0 Å². The Morgan fingerprint density at radius 3 is 2.55 bits per heavy atom. The van der Waals surface area contributed by atoms with Crippen molar-refractivity contribution in [3.63, 3.8) is 0 Å². The third-order valence-corrected chi connectivity index (χ3v) is 2.59. The lowest BCUT2D eigenvalue weighted by atomic mass is 10.1. The van der Waals surface area contributed by atoms with Crippen LogP contribution in [0.4, 0.5) is 0 Å². The molecule has 1 nitrogen and oxygen atoms in total. The van der Waals surface area contributed by atoms with Gasteiger partial charge in [-0.25, -0.2) is 0 Å². The molecule has 0 N–H and O–H groups in total. The average Bonchev–Trinajstić information content (AvgIpc) is 2.07. The maximum absolute atomic E-state index is 8.44. The molecule has 0 aliphatic heterocycles. The van der Waals surface area contributed by atoms with Crippen LogP contribution in [-0.2, 0) is 0 Å². The standard InChI is InChI=1S/C9H8IN/c10-9(6-7-11)8-4-2-1-3-5-8/h1-5,9H,6H2. The monoisotopic (exact) mass is 257 g/mol. The van der Waals surface area contributed by atoms with Gasteiger partial charge in [0.1, 0.15) is 0 Å². The van der Waals surface area contributed by atoms with Crippen molar-refractivity contribution in [3.05, 3.63) is 35.9 Å². The first-order valence-electron chi connectivity index (χ1n) is 3.40. The van der Waals surface area contributed by atoms with Crippen molar-refractivity contribution in [3.8, 4) is 6.07 Å². The summed E-state index contributed by atoms with van der Waals surface area (Å²) in [5, 5.41) is 8.44. The van der Waals surface area contributed by atoms with Gasteiger partial charge in [0.05, 0.1) is 12.5 Å². The normalized spacial score (nSPS) is 12.0. The Morgan fingerprint density at radius 2 is 2.00 bits per heavy atom. The van der Waals surface area contributed by atoms with Crippen LogP contribution in [-0.4, -0.2) is 0 Å². The predicted octanol–water partition coefficient (Wildman–Crippen LogP) is 3.08. The largest absolute Gasteiger partial charge is 0.198 e. The summed E-state index contributed by atoms with van der Waals surface area (Å²) < 4.78 is 0.332. The maximum atomic E-state index is 8.44. The summed E-state index contributed by atoms with van der Waals surface area (Å²) in [6.07, 6.45) is 0.588. The van der Waals surface area contributed by atoms with Crippen molar-refractivity contribution < 1.29 is 0 Å². The number of hydrogen-bond acceptors (Lipinski definition) is 1. The van der Waals surface area contributed by atoms with Gasteiger partial charge >= 0.3 is 0 Å². The first-order chi connectivity index (χ1) is 5.34. The quantitative estimate of drug-likeness (QED) is 0.590. The molecule has 0 aliphatic rings. The topological polar surface area (TPSA) is 23.8 Å². The van der Waals surface area contributed by atoms with Crippen LogP contribution < -0.4 is 0 Å². The van der Waals surface area contributed by atoms with Gasteiger partial charge in [0.25, 0.3) is 0 Å². The minimum atomic E-state index is 0.332. The molecule has 0 heterocycles. The Balaban J connectivity index is 2.70. The highest BCUT2D eigenvalue weighted by atomic mass is 127. The second-order valence-electron chi connectivity index (χ2n) is 2.24. The van der Waals surface area contributed by atoms with E-state index in [2.05, 4.69) is 40.8 Å². The number of halogens is 1. The van der Waals surface area contributed by atoms with E-state index in [0.717, 1.165) is 0 Å². The molecular formula is C9H8IN. The van der Waals surface area contributed by atoms with Crippen LogP contribution in [0.15, 0.2) is 30.3 Å². The fourth-order valence-electron chi connectivity index (χ4n) is 0.860. The molecule has 11 heavy (non-hydrogen) atoms. The molecule has 1 aromatic rings. The lowest BCUT2D eigenvalue weighted by Crippen LogP contribution is -1.85. The van der Waals surface area contributed by atoms with Crippen molar-refractivity contribution in [2.75, 3.05) is 0 Å². The average molecular weight is 257 g/mol. The van der Waals surface area contributed by atoms with E-state index >= 15 is 0 Å². The molecule has 0 fully saturated rings. The van der Waals surface area contributed by atoms with E-state index in [1.807, 2.05) is 18.2 Å². The highest BCUT2D eigenvalue weighted by Crippen LogP contribution is 2.25. The third-order valence-electron chi connectivity index (χ3n) is 1.43. The van der Waals surface area contributed by atoms with E-state index < -0.39 is 0 Å². The van der Waals surface area contributed by atoms with Gasteiger partial charge in [-0.2, -0.15) is 5.26 Å². The fourth-order valence-corrected chi connectivity index (χ4v) is 1.47. The van der Waals surface area contributed by atoms with Gasteiger partial charge in [-0.05, 0) is 5.56 Å². The summed E-state index contributed by atoms with van der Waals surface area (Å²) in [6.45, 7) is 0. The van der Waals surface area contributed by atoms with E-state index in [1.54, 1.807) is 0 Å². The minimum absolute atomic E-state index is 0.332. The van der Waals surface area contributed by atoms with Crippen LogP contribution in [0, 0.1) is 11.3 Å². The number of alkyl halides is 1. The van der Waals surface area contributed by atoms with Gasteiger partial charge in [-0.1, -0.05) is 52.9 Å². The zero-order valence-corrected chi connectivity index (χ0v) is 8.15. The van der Waals surface area contributed by atoms with Crippen LogP contribution in [0.25, 0.3) is 0 Å². The Kier molecular flexibility index (Phi) is 3.37. The number of nitrogens with zero attached hydrogens (tertiary/aromatic N) is 1. The first kappa shape index (κ1) is 8.54. The number of nitriles is 1.